The van der Waals surface area contributed by atoms with Gasteiger partial charge in [-0.1, -0.05) is 37.3 Å². The van der Waals surface area contributed by atoms with E-state index >= 15 is 0 Å². The Labute approximate surface area is 165 Å². The lowest BCUT2D eigenvalue weighted by atomic mass is 10.1. The van der Waals surface area contributed by atoms with Crippen LogP contribution in [0.25, 0.3) is 10.9 Å². The molecule has 0 aliphatic rings. The number of H-pyrrole nitrogens is 1. The van der Waals surface area contributed by atoms with E-state index in [-0.39, 0.29) is 24.0 Å². The molecule has 4 nitrogen and oxygen atoms in total. The van der Waals surface area contributed by atoms with Gasteiger partial charge >= 0.3 is 0 Å². The van der Waals surface area contributed by atoms with Crippen LogP contribution < -0.4 is 11.1 Å². The van der Waals surface area contributed by atoms with Gasteiger partial charge in [0.25, 0.3) is 0 Å². The summed E-state index contributed by atoms with van der Waals surface area (Å²) in [7, 11) is 0. The third kappa shape index (κ3) is 5.22. The fourth-order valence-corrected chi connectivity index (χ4v) is 2.82. The summed E-state index contributed by atoms with van der Waals surface area (Å²) in [5.41, 5.74) is 10.8. The van der Waals surface area contributed by atoms with Crippen LogP contribution in [0.3, 0.4) is 0 Å². The number of anilines is 1. The molecule has 1 heterocycles. The molecule has 3 aromatic rings. The van der Waals surface area contributed by atoms with E-state index in [0.29, 0.717) is 12.5 Å². The van der Waals surface area contributed by atoms with Crippen molar-refractivity contribution in [3.8, 4) is 0 Å². The highest BCUT2D eigenvalue weighted by Gasteiger charge is 2.02. The Morgan fingerprint density at radius 2 is 1.88 bits per heavy atom. The molecule has 3 rings (SSSR count). The van der Waals surface area contributed by atoms with Gasteiger partial charge in [-0.25, -0.2) is 0 Å². The number of aromatic nitrogens is 1. The number of halogens is 1. The van der Waals surface area contributed by atoms with Gasteiger partial charge in [0.2, 0.25) is 0 Å². The topological polar surface area (TPSA) is 66.2 Å². The molecular formula is C20H25IN4. The summed E-state index contributed by atoms with van der Waals surface area (Å²) in [5, 5.41) is 4.43. The number of aromatic amines is 1. The van der Waals surface area contributed by atoms with Crippen molar-refractivity contribution in [2.24, 2.45) is 10.7 Å². The predicted octanol–water partition coefficient (Wildman–Crippen LogP) is 4.71. The van der Waals surface area contributed by atoms with Crippen molar-refractivity contribution in [3.63, 3.8) is 0 Å². The molecule has 0 amide bonds. The molecule has 0 aliphatic carbocycles. The van der Waals surface area contributed by atoms with Gasteiger partial charge in [-0.05, 0) is 48.6 Å². The summed E-state index contributed by atoms with van der Waals surface area (Å²) in [4.78, 5) is 7.72. The molecule has 0 saturated carbocycles. The second kappa shape index (κ2) is 9.46. The summed E-state index contributed by atoms with van der Waals surface area (Å²) in [6, 6.07) is 16.7. The summed E-state index contributed by atoms with van der Waals surface area (Å²) >= 11 is 0. The Hall–Kier alpha value is -2.02. The number of hydrogen-bond acceptors (Lipinski definition) is 1. The van der Waals surface area contributed by atoms with Crippen LogP contribution in [-0.2, 0) is 12.8 Å². The molecule has 0 atom stereocenters. The summed E-state index contributed by atoms with van der Waals surface area (Å²) in [6.07, 6.45) is 5.09. The number of guanidine groups is 1. The maximum Gasteiger partial charge on any atom is 0.193 e. The zero-order valence-electron chi connectivity index (χ0n) is 14.5. The number of aryl methyl sites for hydroxylation is 2. The quantitative estimate of drug-likeness (QED) is 0.221. The number of rotatable bonds is 6. The summed E-state index contributed by atoms with van der Waals surface area (Å²) in [5.74, 6) is 0.471. The molecule has 0 saturated heterocycles. The van der Waals surface area contributed by atoms with Gasteiger partial charge in [-0.3, -0.25) is 4.99 Å². The zero-order chi connectivity index (χ0) is 16.8. The van der Waals surface area contributed by atoms with E-state index in [2.05, 4.69) is 58.7 Å². The van der Waals surface area contributed by atoms with Gasteiger partial charge in [0.1, 0.15) is 0 Å². The monoisotopic (exact) mass is 448 g/mol. The number of aliphatic imine (C=N–C) groups is 1. The lowest BCUT2D eigenvalue weighted by Crippen LogP contribution is -2.22. The minimum atomic E-state index is 0. The summed E-state index contributed by atoms with van der Waals surface area (Å²) in [6.45, 7) is 2.86. The number of fused-ring (bicyclic) bond motifs is 1. The number of benzene rings is 2. The Morgan fingerprint density at radius 1 is 1.12 bits per heavy atom. The van der Waals surface area contributed by atoms with Gasteiger partial charge in [0.15, 0.2) is 5.96 Å². The zero-order valence-corrected chi connectivity index (χ0v) is 16.8. The standard InChI is InChI=1S/C20H24N4.HI/c1-2-15-9-11-17(12-10-15)24-20(21)22-13-5-6-16-14-23-19-8-4-3-7-18(16)19;/h3-4,7-12,14,23H,2,5-6,13H2,1H3,(H3,21,22,24);1H. The van der Waals surface area contributed by atoms with Crippen molar-refractivity contribution in [2.45, 2.75) is 26.2 Å². The molecule has 0 aliphatic heterocycles. The van der Waals surface area contributed by atoms with E-state index < -0.39 is 0 Å². The SMILES string of the molecule is CCc1ccc(NC(N)=NCCCc2c[nH]c3ccccc23)cc1.I. The van der Waals surface area contributed by atoms with E-state index in [4.69, 9.17) is 5.73 Å². The second-order valence-corrected chi connectivity index (χ2v) is 5.91. The fourth-order valence-electron chi connectivity index (χ4n) is 2.82. The predicted molar refractivity (Wildman–Crippen MR) is 118 cm³/mol. The minimum absolute atomic E-state index is 0. The first kappa shape index (κ1) is 19.3. The van der Waals surface area contributed by atoms with Gasteiger partial charge in [-0.15, -0.1) is 24.0 Å². The molecule has 0 fully saturated rings. The van der Waals surface area contributed by atoms with Crippen LogP contribution in [0.15, 0.2) is 59.7 Å². The van der Waals surface area contributed by atoms with Crippen LogP contribution in [0.5, 0.6) is 0 Å². The highest BCUT2D eigenvalue weighted by Crippen LogP contribution is 2.18. The van der Waals surface area contributed by atoms with E-state index in [0.717, 1.165) is 24.9 Å². The van der Waals surface area contributed by atoms with E-state index in [9.17, 15) is 0 Å². The number of para-hydroxylation sites is 1. The largest absolute Gasteiger partial charge is 0.370 e. The van der Waals surface area contributed by atoms with Crippen molar-refractivity contribution in [1.29, 1.82) is 0 Å². The number of hydrogen-bond donors (Lipinski definition) is 3. The third-order valence-electron chi connectivity index (χ3n) is 4.20. The van der Waals surface area contributed by atoms with Gasteiger partial charge in [0.05, 0.1) is 0 Å². The molecule has 5 heteroatoms. The molecular weight excluding hydrogens is 423 g/mol. The van der Waals surface area contributed by atoms with Gasteiger partial charge < -0.3 is 16.0 Å². The fraction of sp³-hybridized carbons (Fsp3) is 0.250. The first-order valence-corrected chi connectivity index (χ1v) is 8.47. The van der Waals surface area contributed by atoms with Crippen LogP contribution in [0.1, 0.15) is 24.5 Å². The van der Waals surface area contributed by atoms with Gasteiger partial charge in [-0.2, -0.15) is 0 Å². The van der Waals surface area contributed by atoms with Crippen molar-refractivity contribution >= 4 is 46.5 Å². The average Bonchev–Trinajstić information content (AvgIpc) is 3.03. The lowest BCUT2D eigenvalue weighted by molar-refractivity contribution is 0.836. The van der Waals surface area contributed by atoms with Crippen LogP contribution >= 0.6 is 24.0 Å². The van der Waals surface area contributed by atoms with E-state index in [1.54, 1.807) is 0 Å². The normalized spacial score (nSPS) is 11.3. The smallest absolute Gasteiger partial charge is 0.193 e. The average molecular weight is 448 g/mol. The van der Waals surface area contributed by atoms with Crippen LogP contribution in [0, 0.1) is 0 Å². The summed E-state index contributed by atoms with van der Waals surface area (Å²) < 4.78 is 0. The minimum Gasteiger partial charge on any atom is -0.370 e. The molecule has 25 heavy (non-hydrogen) atoms. The molecule has 4 N–H and O–H groups in total. The van der Waals surface area contributed by atoms with Crippen molar-refractivity contribution in [2.75, 3.05) is 11.9 Å². The Balaban J connectivity index is 0.00000225. The maximum absolute atomic E-state index is 5.96. The first-order valence-electron chi connectivity index (χ1n) is 8.47. The molecule has 0 radical (unpaired) electrons. The molecule has 0 spiro atoms. The Bertz CT molecular complexity index is 821. The van der Waals surface area contributed by atoms with Crippen molar-refractivity contribution in [1.82, 2.24) is 4.98 Å². The third-order valence-corrected chi connectivity index (χ3v) is 4.20. The van der Waals surface area contributed by atoms with Crippen LogP contribution in [-0.4, -0.2) is 17.5 Å². The molecule has 0 bridgehead atoms. The Morgan fingerprint density at radius 3 is 2.64 bits per heavy atom. The lowest BCUT2D eigenvalue weighted by Gasteiger charge is -2.06. The van der Waals surface area contributed by atoms with Crippen LogP contribution in [0.2, 0.25) is 0 Å². The number of nitrogens with one attached hydrogen (secondary N) is 2. The molecule has 132 valence electrons. The number of nitrogens with zero attached hydrogens (tertiary/aromatic N) is 1. The van der Waals surface area contributed by atoms with Gasteiger partial charge in [0, 0.05) is 29.3 Å². The van der Waals surface area contributed by atoms with Crippen molar-refractivity contribution < 1.29 is 0 Å². The molecule has 0 unspecified atom stereocenters. The molecule has 1 aromatic heterocycles. The maximum atomic E-state index is 5.96. The Kier molecular flexibility index (Phi) is 7.31. The van der Waals surface area contributed by atoms with Crippen molar-refractivity contribution in [3.05, 3.63) is 65.9 Å². The van der Waals surface area contributed by atoms with E-state index in [1.165, 1.54) is 22.0 Å². The first-order chi connectivity index (χ1) is 11.8. The van der Waals surface area contributed by atoms with E-state index in [1.807, 2.05) is 18.2 Å². The highest BCUT2D eigenvalue weighted by atomic mass is 127. The number of nitrogens with two attached hydrogens (primary N) is 1. The van der Waals surface area contributed by atoms with Crippen LogP contribution in [0.4, 0.5) is 5.69 Å². The molecule has 2 aromatic carbocycles. The highest BCUT2D eigenvalue weighted by molar-refractivity contribution is 14.0. The second-order valence-electron chi connectivity index (χ2n) is 5.91.